The van der Waals surface area contributed by atoms with Gasteiger partial charge in [0.1, 0.15) is 5.78 Å². The summed E-state index contributed by atoms with van der Waals surface area (Å²) in [6.45, 7) is 9.32. The van der Waals surface area contributed by atoms with Crippen molar-refractivity contribution >= 4 is 22.3 Å². The van der Waals surface area contributed by atoms with Gasteiger partial charge in [-0.3, -0.25) is 9.69 Å². The highest BCUT2D eigenvalue weighted by Gasteiger charge is 2.38. The molecule has 1 aromatic heterocycles. The van der Waals surface area contributed by atoms with Crippen molar-refractivity contribution in [3.8, 4) is 0 Å². The Kier molecular flexibility index (Phi) is 4.31. The van der Waals surface area contributed by atoms with E-state index in [0.29, 0.717) is 5.78 Å². The Hall–Kier alpha value is -0.940. The average molecular weight is 307 g/mol. The molecular formula is C16H25N3OS. The van der Waals surface area contributed by atoms with Crippen molar-refractivity contribution in [2.75, 3.05) is 37.6 Å². The molecule has 0 spiro atoms. The van der Waals surface area contributed by atoms with Crippen molar-refractivity contribution in [3.63, 3.8) is 0 Å². The van der Waals surface area contributed by atoms with Crippen molar-refractivity contribution in [2.24, 2.45) is 11.3 Å². The Bertz CT molecular complexity index is 478. The van der Waals surface area contributed by atoms with Gasteiger partial charge in [0.15, 0.2) is 5.13 Å². The summed E-state index contributed by atoms with van der Waals surface area (Å²) in [6.07, 6.45) is 5.20. The van der Waals surface area contributed by atoms with Gasteiger partial charge in [0.2, 0.25) is 0 Å². The predicted molar refractivity (Wildman–Crippen MR) is 86.9 cm³/mol. The first-order valence-corrected chi connectivity index (χ1v) is 8.85. The van der Waals surface area contributed by atoms with Crippen LogP contribution in [-0.2, 0) is 4.79 Å². The zero-order chi connectivity index (χ0) is 14.9. The summed E-state index contributed by atoms with van der Waals surface area (Å²) in [5, 5.41) is 3.16. The molecule has 1 aromatic rings. The summed E-state index contributed by atoms with van der Waals surface area (Å²) in [7, 11) is 0. The lowest BCUT2D eigenvalue weighted by Crippen LogP contribution is -2.50. The van der Waals surface area contributed by atoms with Crippen molar-refractivity contribution in [2.45, 2.75) is 33.1 Å². The molecule has 0 N–H and O–H groups in total. The molecule has 1 atom stereocenters. The monoisotopic (exact) mass is 307 g/mol. The minimum absolute atomic E-state index is 0.106. The molecule has 0 aromatic carbocycles. The third-order valence-electron chi connectivity index (χ3n) is 4.93. The SMILES string of the molecule is CC1(C)CCCC(CN2CCN(c3nccs3)CC2)C1=O. The number of aromatic nitrogens is 1. The zero-order valence-corrected chi connectivity index (χ0v) is 13.9. The van der Waals surface area contributed by atoms with Crippen molar-refractivity contribution in [3.05, 3.63) is 11.6 Å². The van der Waals surface area contributed by atoms with Crippen LogP contribution in [0, 0.1) is 11.3 Å². The quantitative estimate of drug-likeness (QED) is 0.860. The average Bonchev–Trinajstić information content (AvgIpc) is 2.99. The number of nitrogens with zero attached hydrogens (tertiary/aromatic N) is 3. The first-order valence-electron chi connectivity index (χ1n) is 7.97. The van der Waals surface area contributed by atoms with Gasteiger partial charge >= 0.3 is 0 Å². The Balaban J connectivity index is 1.52. The number of hydrogen-bond acceptors (Lipinski definition) is 5. The maximum absolute atomic E-state index is 12.5. The smallest absolute Gasteiger partial charge is 0.185 e. The Morgan fingerprint density at radius 1 is 1.33 bits per heavy atom. The molecule has 1 saturated carbocycles. The molecule has 2 aliphatic rings. The van der Waals surface area contributed by atoms with Gasteiger partial charge in [-0.1, -0.05) is 20.3 Å². The normalized spacial score (nSPS) is 27.0. The maximum Gasteiger partial charge on any atom is 0.185 e. The number of Topliss-reactive ketones (excluding diaryl/α,β-unsaturated/α-hetero) is 1. The standard InChI is InChI=1S/C16H25N3OS/c1-16(2)5-3-4-13(14(16)20)12-18-7-9-19(10-8-18)15-17-6-11-21-15/h6,11,13H,3-5,7-10,12H2,1-2H3. The molecular weight excluding hydrogens is 282 g/mol. The van der Waals surface area contributed by atoms with E-state index in [2.05, 4.69) is 28.6 Å². The molecule has 2 heterocycles. The second-order valence-electron chi connectivity index (χ2n) is 6.94. The van der Waals surface area contributed by atoms with Crippen LogP contribution in [-0.4, -0.2) is 48.4 Å². The summed E-state index contributed by atoms with van der Waals surface area (Å²) in [5.41, 5.74) is -0.106. The third kappa shape index (κ3) is 3.29. The first-order chi connectivity index (χ1) is 10.1. The Morgan fingerprint density at radius 2 is 2.10 bits per heavy atom. The number of thiazole rings is 1. The molecule has 5 heteroatoms. The van der Waals surface area contributed by atoms with Gasteiger partial charge in [-0.05, 0) is 12.8 Å². The molecule has 1 saturated heterocycles. The fraction of sp³-hybridized carbons (Fsp3) is 0.750. The molecule has 116 valence electrons. The van der Waals surface area contributed by atoms with Crippen LogP contribution >= 0.6 is 11.3 Å². The maximum atomic E-state index is 12.5. The van der Waals surface area contributed by atoms with E-state index in [1.807, 2.05) is 11.6 Å². The van der Waals surface area contributed by atoms with E-state index in [9.17, 15) is 4.79 Å². The van der Waals surface area contributed by atoms with Crippen LogP contribution in [0.15, 0.2) is 11.6 Å². The number of carbonyl (C=O) groups is 1. The van der Waals surface area contributed by atoms with E-state index >= 15 is 0 Å². The van der Waals surface area contributed by atoms with Crippen LogP contribution in [0.4, 0.5) is 5.13 Å². The minimum Gasteiger partial charge on any atom is -0.346 e. The Morgan fingerprint density at radius 3 is 2.76 bits per heavy atom. The molecule has 21 heavy (non-hydrogen) atoms. The molecule has 3 rings (SSSR count). The van der Waals surface area contributed by atoms with Crippen molar-refractivity contribution in [1.82, 2.24) is 9.88 Å². The molecule has 0 amide bonds. The topological polar surface area (TPSA) is 36.4 Å². The number of rotatable bonds is 3. The van der Waals surface area contributed by atoms with Crippen LogP contribution < -0.4 is 4.90 Å². The number of ketones is 1. The second kappa shape index (κ2) is 6.05. The zero-order valence-electron chi connectivity index (χ0n) is 13.0. The third-order valence-corrected chi connectivity index (χ3v) is 5.77. The molecule has 4 nitrogen and oxygen atoms in total. The molecule has 1 unspecified atom stereocenters. The number of anilines is 1. The predicted octanol–water partition coefficient (Wildman–Crippen LogP) is 2.66. The van der Waals surface area contributed by atoms with Gasteiger partial charge in [0.25, 0.3) is 0 Å². The Labute approximate surface area is 131 Å². The summed E-state index contributed by atoms with van der Waals surface area (Å²) in [5.74, 6) is 0.733. The number of piperazine rings is 1. The van der Waals surface area contributed by atoms with Gasteiger partial charge in [-0.2, -0.15) is 0 Å². The highest BCUT2D eigenvalue weighted by atomic mass is 32.1. The van der Waals surface area contributed by atoms with Gasteiger partial charge in [-0.25, -0.2) is 4.98 Å². The molecule has 0 radical (unpaired) electrons. The fourth-order valence-electron chi connectivity index (χ4n) is 3.58. The van der Waals surface area contributed by atoms with Crippen molar-refractivity contribution < 1.29 is 4.79 Å². The first kappa shape index (κ1) is 15.0. The summed E-state index contributed by atoms with van der Waals surface area (Å²) in [4.78, 5) is 21.7. The van der Waals surface area contributed by atoms with Gasteiger partial charge < -0.3 is 4.90 Å². The van der Waals surface area contributed by atoms with E-state index in [1.54, 1.807) is 11.3 Å². The van der Waals surface area contributed by atoms with Crippen molar-refractivity contribution in [1.29, 1.82) is 0 Å². The number of carbonyl (C=O) groups excluding carboxylic acids is 1. The largest absolute Gasteiger partial charge is 0.346 e. The van der Waals surface area contributed by atoms with Gasteiger partial charge in [0.05, 0.1) is 0 Å². The molecule has 1 aliphatic carbocycles. The van der Waals surface area contributed by atoms with E-state index in [0.717, 1.165) is 50.7 Å². The van der Waals surface area contributed by atoms with E-state index < -0.39 is 0 Å². The van der Waals surface area contributed by atoms with Crippen LogP contribution in [0.5, 0.6) is 0 Å². The van der Waals surface area contributed by atoms with Gasteiger partial charge in [-0.15, -0.1) is 11.3 Å². The van der Waals surface area contributed by atoms with Crippen LogP contribution in [0.3, 0.4) is 0 Å². The van der Waals surface area contributed by atoms with Crippen LogP contribution in [0.25, 0.3) is 0 Å². The minimum atomic E-state index is -0.106. The summed E-state index contributed by atoms with van der Waals surface area (Å²) < 4.78 is 0. The van der Waals surface area contributed by atoms with Crippen LogP contribution in [0.1, 0.15) is 33.1 Å². The van der Waals surface area contributed by atoms with Gasteiger partial charge in [0, 0.05) is 55.6 Å². The van der Waals surface area contributed by atoms with Crippen LogP contribution in [0.2, 0.25) is 0 Å². The highest BCUT2D eigenvalue weighted by Crippen LogP contribution is 2.35. The lowest BCUT2D eigenvalue weighted by Gasteiger charge is -2.39. The lowest BCUT2D eigenvalue weighted by atomic mass is 9.71. The molecule has 2 fully saturated rings. The number of hydrogen-bond donors (Lipinski definition) is 0. The van der Waals surface area contributed by atoms with E-state index in [4.69, 9.17) is 0 Å². The lowest BCUT2D eigenvalue weighted by molar-refractivity contribution is -0.135. The van der Waals surface area contributed by atoms with E-state index in [-0.39, 0.29) is 11.3 Å². The fourth-order valence-corrected chi connectivity index (χ4v) is 4.27. The summed E-state index contributed by atoms with van der Waals surface area (Å²) >= 11 is 1.71. The summed E-state index contributed by atoms with van der Waals surface area (Å²) in [6, 6.07) is 0. The highest BCUT2D eigenvalue weighted by molar-refractivity contribution is 7.13. The molecule has 0 bridgehead atoms. The molecule has 1 aliphatic heterocycles. The van der Waals surface area contributed by atoms with E-state index in [1.165, 1.54) is 6.42 Å². The second-order valence-corrected chi connectivity index (χ2v) is 7.81.